The summed E-state index contributed by atoms with van der Waals surface area (Å²) in [5, 5.41) is 3.19. The van der Waals surface area contributed by atoms with E-state index in [-0.39, 0.29) is 18.5 Å². The van der Waals surface area contributed by atoms with E-state index in [1.807, 2.05) is 68.4 Å². The second-order valence-corrected chi connectivity index (χ2v) is 13.7. The number of hydrogen-bond acceptors (Lipinski definition) is 4. The lowest BCUT2D eigenvalue weighted by Gasteiger charge is -2.34. The highest BCUT2D eigenvalue weighted by Crippen LogP contribution is 2.26. The topological polar surface area (TPSA) is 86.8 Å². The number of aryl methyl sites for hydroxylation is 2. The smallest absolute Gasteiger partial charge is 0.244 e. The third-order valence-corrected chi connectivity index (χ3v) is 9.59. The van der Waals surface area contributed by atoms with Crippen LogP contribution in [0.25, 0.3) is 0 Å². The van der Waals surface area contributed by atoms with Crippen LogP contribution in [0.3, 0.4) is 0 Å². The van der Waals surface area contributed by atoms with Gasteiger partial charge in [0.2, 0.25) is 21.8 Å². The zero-order chi connectivity index (χ0) is 29.6. The van der Waals surface area contributed by atoms with Gasteiger partial charge in [-0.3, -0.25) is 13.9 Å². The number of nitrogens with one attached hydrogen (secondary N) is 1. The van der Waals surface area contributed by atoms with Crippen LogP contribution in [0.1, 0.15) is 47.9 Å². The van der Waals surface area contributed by atoms with Gasteiger partial charge in [-0.05, 0) is 61.6 Å². The van der Waals surface area contributed by atoms with Crippen molar-refractivity contribution in [2.24, 2.45) is 0 Å². The maximum Gasteiger partial charge on any atom is 0.244 e. The van der Waals surface area contributed by atoms with Gasteiger partial charge >= 0.3 is 0 Å². The molecule has 4 rings (SSSR count). The predicted octanol–water partition coefficient (Wildman–Crippen LogP) is 5.53. The highest BCUT2D eigenvalue weighted by molar-refractivity contribution is 9.10. The summed E-state index contributed by atoms with van der Waals surface area (Å²) >= 11 is 3.46. The summed E-state index contributed by atoms with van der Waals surface area (Å²) in [6.07, 6.45) is 5.37. The van der Waals surface area contributed by atoms with E-state index in [9.17, 15) is 18.0 Å². The van der Waals surface area contributed by atoms with Crippen LogP contribution in [0.4, 0.5) is 5.69 Å². The fraction of sp³-hybridized carbons (Fsp3) is 0.375. The molecule has 0 heterocycles. The third-order valence-electron chi connectivity index (χ3n) is 7.55. The fourth-order valence-corrected chi connectivity index (χ4v) is 6.30. The molecule has 9 heteroatoms. The molecule has 218 valence electrons. The molecule has 7 nitrogen and oxygen atoms in total. The van der Waals surface area contributed by atoms with Crippen molar-refractivity contribution in [2.45, 2.75) is 64.6 Å². The Morgan fingerprint density at radius 3 is 2.22 bits per heavy atom. The number of halogens is 1. The summed E-state index contributed by atoms with van der Waals surface area (Å²) in [5.74, 6) is -0.661. The fourth-order valence-electron chi connectivity index (χ4n) is 5.21. The van der Waals surface area contributed by atoms with Crippen molar-refractivity contribution in [1.29, 1.82) is 0 Å². The average molecular weight is 641 g/mol. The summed E-state index contributed by atoms with van der Waals surface area (Å²) in [4.78, 5) is 29.6. The lowest BCUT2D eigenvalue weighted by molar-refractivity contribution is -0.140. The molecular formula is C32H38BrN3O4S. The summed E-state index contributed by atoms with van der Waals surface area (Å²) in [7, 11) is -3.81. The van der Waals surface area contributed by atoms with Gasteiger partial charge in [0, 0.05) is 23.5 Å². The van der Waals surface area contributed by atoms with E-state index in [1.165, 1.54) is 0 Å². The molecule has 0 unspecified atom stereocenters. The minimum atomic E-state index is -3.81. The molecule has 0 spiro atoms. The first-order valence-electron chi connectivity index (χ1n) is 13.9. The molecule has 1 atom stereocenters. The molecular weight excluding hydrogens is 602 g/mol. The van der Waals surface area contributed by atoms with Gasteiger partial charge in [0.1, 0.15) is 12.6 Å². The van der Waals surface area contributed by atoms with Crippen molar-refractivity contribution in [3.63, 3.8) is 0 Å². The summed E-state index contributed by atoms with van der Waals surface area (Å²) in [6, 6.07) is 21.9. The molecule has 0 radical (unpaired) electrons. The second-order valence-electron chi connectivity index (χ2n) is 10.9. The molecule has 2 amide bonds. The number of sulfonamides is 1. The Morgan fingerprint density at radius 2 is 1.61 bits per heavy atom. The monoisotopic (exact) mass is 639 g/mol. The van der Waals surface area contributed by atoms with Crippen LogP contribution in [0.15, 0.2) is 77.3 Å². The number of anilines is 1. The molecule has 1 aliphatic carbocycles. The van der Waals surface area contributed by atoms with Crippen molar-refractivity contribution in [2.75, 3.05) is 17.1 Å². The second kappa shape index (κ2) is 13.7. The highest BCUT2D eigenvalue weighted by Gasteiger charge is 2.34. The van der Waals surface area contributed by atoms with E-state index in [0.717, 1.165) is 63.0 Å². The average Bonchev–Trinajstić information content (AvgIpc) is 3.45. The third kappa shape index (κ3) is 8.42. The van der Waals surface area contributed by atoms with Crippen molar-refractivity contribution >= 4 is 43.5 Å². The van der Waals surface area contributed by atoms with Crippen LogP contribution in [-0.4, -0.2) is 50.0 Å². The van der Waals surface area contributed by atoms with Crippen LogP contribution in [0.5, 0.6) is 0 Å². The van der Waals surface area contributed by atoms with Crippen LogP contribution in [0.2, 0.25) is 0 Å². The number of amides is 2. The Bertz CT molecular complexity index is 1460. The summed E-state index contributed by atoms with van der Waals surface area (Å²) in [5.41, 5.74) is 4.11. The summed E-state index contributed by atoms with van der Waals surface area (Å²) in [6.45, 7) is 3.60. The van der Waals surface area contributed by atoms with Gasteiger partial charge in [-0.15, -0.1) is 0 Å². The Balaban J connectivity index is 1.72. The zero-order valence-electron chi connectivity index (χ0n) is 23.8. The number of hydrogen-bond donors (Lipinski definition) is 1. The molecule has 1 aliphatic rings. The van der Waals surface area contributed by atoms with Crippen LogP contribution in [0, 0.1) is 13.8 Å². The van der Waals surface area contributed by atoms with Crippen LogP contribution in [-0.2, 0) is 32.6 Å². The molecule has 1 fully saturated rings. The van der Waals surface area contributed by atoms with E-state index >= 15 is 0 Å². The SMILES string of the molecule is Cc1ccc(CN(C(=O)CN(c2ccc(Br)c(C)c2)S(C)(=O)=O)[C@@H](Cc2ccccc2)C(=O)NC2CCCC2)cc1. The number of rotatable bonds is 11. The standard InChI is InChI=1S/C32H38BrN3O4S/c1-23-13-15-26(16-14-23)21-35(31(37)22-36(41(3,39)40)28-17-18-29(33)24(2)19-28)30(20-25-9-5-4-6-10-25)32(38)34-27-11-7-8-12-27/h4-6,9-10,13-19,27,30H,7-8,11-12,20-22H2,1-3H3,(H,34,38)/t30-/m0/s1. The Kier molecular flexibility index (Phi) is 10.3. The molecule has 0 saturated heterocycles. The van der Waals surface area contributed by atoms with E-state index in [4.69, 9.17) is 0 Å². The lowest BCUT2D eigenvalue weighted by atomic mass is 10.0. The first-order chi connectivity index (χ1) is 19.5. The van der Waals surface area contributed by atoms with Crippen LogP contribution >= 0.6 is 15.9 Å². The molecule has 0 aromatic heterocycles. The molecule has 3 aromatic rings. The Hall–Kier alpha value is -3.17. The number of benzene rings is 3. The molecule has 0 aliphatic heterocycles. The van der Waals surface area contributed by atoms with Gasteiger partial charge in [0.15, 0.2) is 0 Å². The minimum Gasteiger partial charge on any atom is -0.352 e. The van der Waals surface area contributed by atoms with Crippen LogP contribution < -0.4 is 9.62 Å². The maximum absolute atomic E-state index is 14.2. The molecule has 1 N–H and O–H groups in total. The first kappa shape index (κ1) is 30.8. The van der Waals surface area contributed by atoms with Crippen molar-refractivity contribution in [3.05, 3.63) is 99.5 Å². The van der Waals surface area contributed by atoms with Crippen molar-refractivity contribution < 1.29 is 18.0 Å². The molecule has 41 heavy (non-hydrogen) atoms. The summed E-state index contributed by atoms with van der Waals surface area (Å²) < 4.78 is 27.9. The number of carbonyl (C=O) groups is 2. The first-order valence-corrected chi connectivity index (χ1v) is 16.6. The molecule has 3 aromatic carbocycles. The van der Waals surface area contributed by atoms with E-state index in [1.54, 1.807) is 23.1 Å². The Morgan fingerprint density at radius 1 is 0.951 bits per heavy atom. The quantitative estimate of drug-likeness (QED) is 0.299. The van der Waals surface area contributed by atoms with E-state index in [2.05, 4.69) is 21.2 Å². The number of nitrogens with zero attached hydrogens (tertiary/aromatic N) is 2. The van der Waals surface area contributed by atoms with Gasteiger partial charge in [0.25, 0.3) is 0 Å². The molecule has 1 saturated carbocycles. The predicted molar refractivity (Wildman–Crippen MR) is 167 cm³/mol. The van der Waals surface area contributed by atoms with Gasteiger partial charge in [-0.1, -0.05) is 88.9 Å². The largest absolute Gasteiger partial charge is 0.352 e. The van der Waals surface area contributed by atoms with Gasteiger partial charge in [-0.2, -0.15) is 0 Å². The number of carbonyl (C=O) groups excluding carboxylic acids is 2. The van der Waals surface area contributed by atoms with Gasteiger partial charge in [-0.25, -0.2) is 8.42 Å². The minimum absolute atomic E-state index is 0.0790. The van der Waals surface area contributed by atoms with Gasteiger partial charge in [0.05, 0.1) is 11.9 Å². The van der Waals surface area contributed by atoms with E-state index < -0.39 is 28.5 Å². The maximum atomic E-state index is 14.2. The highest BCUT2D eigenvalue weighted by atomic mass is 79.9. The van der Waals surface area contributed by atoms with E-state index in [0.29, 0.717) is 12.1 Å². The normalized spacial score (nSPS) is 14.4. The molecule has 0 bridgehead atoms. The van der Waals surface area contributed by atoms with Crippen molar-refractivity contribution in [3.8, 4) is 0 Å². The van der Waals surface area contributed by atoms with Crippen molar-refractivity contribution in [1.82, 2.24) is 10.2 Å². The van der Waals surface area contributed by atoms with Gasteiger partial charge < -0.3 is 10.2 Å². The lowest BCUT2D eigenvalue weighted by Crippen LogP contribution is -2.54. The Labute approximate surface area is 252 Å². The zero-order valence-corrected chi connectivity index (χ0v) is 26.2.